The fraction of sp³-hybridized carbons (Fsp3) is 0.316. The summed E-state index contributed by atoms with van der Waals surface area (Å²) in [4.78, 5) is 31.1. The van der Waals surface area contributed by atoms with Crippen LogP contribution in [-0.4, -0.2) is 55.8 Å². The number of rotatable bonds is 7. The highest BCUT2D eigenvalue weighted by molar-refractivity contribution is 7.90. The van der Waals surface area contributed by atoms with Gasteiger partial charge in [-0.25, -0.2) is 13.4 Å². The maximum atomic E-state index is 13.1. The topological polar surface area (TPSA) is 129 Å². The minimum Gasteiger partial charge on any atom is -0.491 e. The number of nitrogens with two attached hydrogens (primary N) is 1. The number of methoxy groups -OCH3 is 1. The number of sulfone groups is 1. The quantitative estimate of drug-likeness (QED) is 0.524. The zero-order chi connectivity index (χ0) is 23.8. The third kappa shape index (κ3) is 3.88. The Morgan fingerprint density at radius 3 is 2.62 bits per heavy atom. The van der Waals surface area contributed by atoms with E-state index in [1.807, 2.05) is 0 Å². The lowest BCUT2D eigenvalue weighted by Crippen LogP contribution is -2.38. The smallest absolute Gasteiger partial charge is 0.264 e. The van der Waals surface area contributed by atoms with E-state index in [1.165, 1.54) is 30.3 Å². The number of imide groups is 1. The fourth-order valence-electron chi connectivity index (χ4n) is 3.14. The molecule has 0 saturated carbocycles. The third-order valence-electron chi connectivity index (χ3n) is 4.33. The molecule has 1 aliphatic heterocycles. The number of hydrogen-bond acceptors (Lipinski definition) is 8. The number of ether oxygens (including phenoxy) is 2. The summed E-state index contributed by atoms with van der Waals surface area (Å²) in [6, 6.07) is 5.62. The average Bonchev–Trinajstić information content (AvgIpc) is 2.91. The molecule has 2 N–H and O–H groups in total. The number of anilines is 1. The maximum absolute atomic E-state index is 13.1. The van der Waals surface area contributed by atoms with Gasteiger partial charge in [-0.05, 0) is 31.2 Å². The largest absolute Gasteiger partial charge is 0.491 e. The lowest BCUT2D eigenvalue weighted by molar-refractivity contribution is 0.0594. The molecule has 1 atom stereocenters. The van der Waals surface area contributed by atoms with Crippen LogP contribution in [0.25, 0.3) is 0 Å². The van der Waals surface area contributed by atoms with E-state index in [2.05, 4.69) is 4.98 Å². The summed E-state index contributed by atoms with van der Waals surface area (Å²) in [6.07, 6.45) is 0.960. The second-order valence-corrected chi connectivity index (χ2v) is 8.62. The molecule has 0 radical (unpaired) electrons. The van der Waals surface area contributed by atoms with Gasteiger partial charge in [0.25, 0.3) is 17.7 Å². The zero-order valence-electron chi connectivity index (χ0n) is 18.7. The Morgan fingerprint density at radius 2 is 2.00 bits per heavy atom. The summed E-state index contributed by atoms with van der Waals surface area (Å²) in [5.74, 6) is -2.49. The molecule has 1 aromatic heterocycles. The van der Waals surface area contributed by atoms with Crippen LogP contribution in [-0.2, 0) is 9.84 Å². The molecule has 9 nitrogen and oxygen atoms in total. The van der Waals surface area contributed by atoms with E-state index < -0.39 is 40.5 Å². The monoisotopic (exact) mass is 422 g/mol. The van der Waals surface area contributed by atoms with Crippen molar-refractivity contribution in [2.75, 3.05) is 31.4 Å². The normalized spacial score (nSPS) is 16.6. The molecule has 0 aliphatic carbocycles. The SMILES string of the molecule is [2H]C([2H])([2H])Oc1ccc([C@H](CS(C)(=O)=O)N2C(=O)c3cccc(N)c3C2=O)nc1OCC. The third-order valence-corrected chi connectivity index (χ3v) is 5.25. The molecule has 29 heavy (non-hydrogen) atoms. The number of nitrogen functional groups attached to an aromatic ring is 1. The van der Waals surface area contributed by atoms with E-state index in [1.54, 1.807) is 6.92 Å². The van der Waals surface area contributed by atoms with Crippen molar-refractivity contribution >= 4 is 27.3 Å². The Hall–Kier alpha value is -3.14. The van der Waals surface area contributed by atoms with Crippen LogP contribution in [0.5, 0.6) is 11.6 Å². The Morgan fingerprint density at radius 1 is 1.24 bits per heavy atom. The summed E-state index contributed by atoms with van der Waals surface area (Å²) in [5.41, 5.74) is 6.01. The molecule has 2 amide bonds. The first kappa shape index (κ1) is 16.8. The number of aromatic nitrogens is 1. The summed E-state index contributed by atoms with van der Waals surface area (Å²) in [5, 5.41) is 0. The van der Waals surface area contributed by atoms with E-state index >= 15 is 0 Å². The van der Waals surface area contributed by atoms with Crippen molar-refractivity contribution in [1.82, 2.24) is 9.88 Å². The molecule has 2 aromatic rings. The van der Waals surface area contributed by atoms with Crippen LogP contribution in [0, 0.1) is 0 Å². The molecule has 2 heterocycles. The number of pyridine rings is 1. The molecule has 1 aromatic carbocycles. The molecule has 0 spiro atoms. The van der Waals surface area contributed by atoms with Crippen LogP contribution in [0.2, 0.25) is 0 Å². The van der Waals surface area contributed by atoms with Crippen molar-refractivity contribution < 1.29 is 31.6 Å². The average molecular weight is 422 g/mol. The summed E-state index contributed by atoms with van der Waals surface area (Å²) in [6.45, 7) is 1.74. The Bertz CT molecular complexity index is 1180. The lowest BCUT2D eigenvalue weighted by atomic mass is 10.1. The van der Waals surface area contributed by atoms with Crippen LogP contribution in [0.1, 0.15) is 43.5 Å². The van der Waals surface area contributed by atoms with E-state index in [4.69, 9.17) is 19.3 Å². The van der Waals surface area contributed by atoms with E-state index in [9.17, 15) is 18.0 Å². The zero-order valence-corrected chi connectivity index (χ0v) is 16.5. The van der Waals surface area contributed by atoms with Crippen molar-refractivity contribution in [2.24, 2.45) is 0 Å². The van der Waals surface area contributed by atoms with Gasteiger partial charge in [-0.3, -0.25) is 14.5 Å². The van der Waals surface area contributed by atoms with Gasteiger partial charge in [-0.2, -0.15) is 0 Å². The van der Waals surface area contributed by atoms with Gasteiger partial charge in [0.05, 0.1) is 46.4 Å². The van der Waals surface area contributed by atoms with Gasteiger partial charge in [0.1, 0.15) is 9.84 Å². The van der Waals surface area contributed by atoms with Crippen LogP contribution in [0.4, 0.5) is 5.69 Å². The number of hydrogen-bond donors (Lipinski definition) is 1. The highest BCUT2D eigenvalue weighted by Gasteiger charge is 2.43. The lowest BCUT2D eigenvalue weighted by Gasteiger charge is -2.25. The van der Waals surface area contributed by atoms with Crippen molar-refractivity contribution in [1.29, 1.82) is 0 Å². The molecule has 0 bridgehead atoms. The first-order valence-electron chi connectivity index (χ1n) is 10.1. The standard InChI is InChI=1S/C19H21N3O6S/c1-4-28-17-15(27-2)9-8-13(21-17)14(10-29(3,25)26)22-18(23)11-6-5-7-12(20)16(11)19(22)24/h5-9,14H,4,10,20H2,1-3H3/t14-/m0/s1/i2D3. The van der Waals surface area contributed by atoms with Crippen molar-refractivity contribution in [2.45, 2.75) is 13.0 Å². The Labute approximate surface area is 172 Å². The van der Waals surface area contributed by atoms with E-state index in [0.717, 1.165) is 11.2 Å². The molecule has 10 heteroatoms. The second kappa shape index (κ2) is 7.70. The summed E-state index contributed by atoms with van der Waals surface area (Å²) in [7, 11) is -6.47. The van der Waals surface area contributed by atoms with Gasteiger partial charge in [0, 0.05) is 11.9 Å². The molecule has 154 valence electrons. The number of nitrogens with zero attached hydrogens (tertiary/aromatic N) is 2. The first-order chi connectivity index (χ1) is 14.8. The van der Waals surface area contributed by atoms with Gasteiger partial charge in [0.2, 0.25) is 0 Å². The first-order valence-corrected chi connectivity index (χ1v) is 10.7. The van der Waals surface area contributed by atoms with E-state index in [-0.39, 0.29) is 40.7 Å². The van der Waals surface area contributed by atoms with Crippen molar-refractivity contribution in [3.05, 3.63) is 47.2 Å². The number of carbonyl (C=O) groups is 2. The second-order valence-electron chi connectivity index (χ2n) is 6.43. The Kier molecular flexibility index (Phi) is 4.46. The van der Waals surface area contributed by atoms with Crippen molar-refractivity contribution in [3.63, 3.8) is 0 Å². The van der Waals surface area contributed by atoms with Crippen LogP contribution in [0.15, 0.2) is 30.3 Å². The minimum absolute atomic E-state index is 0.00449. The van der Waals surface area contributed by atoms with Gasteiger partial charge in [-0.15, -0.1) is 0 Å². The van der Waals surface area contributed by atoms with Crippen molar-refractivity contribution in [3.8, 4) is 11.6 Å². The van der Waals surface area contributed by atoms with Crippen LogP contribution in [0.3, 0.4) is 0 Å². The number of fused-ring (bicyclic) bond motifs is 1. The predicted molar refractivity (Wildman–Crippen MR) is 106 cm³/mol. The highest BCUT2D eigenvalue weighted by atomic mass is 32.2. The molecule has 3 rings (SSSR count). The van der Waals surface area contributed by atoms with Gasteiger partial charge in [0.15, 0.2) is 5.75 Å². The van der Waals surface area contributed by atoms with Gasteiger partial charge >= 0.3 is 0 Å². The molecule has 0 saturated heterocycles. The van der Waals surface area contributed by atoms with E-state index in [0.29, 0.717) is 0 Å². The fourth-order valence-corrected chi connectivity index (χ4v) is 4.03. The molecule has 0 fully saturated rings. The Balaban J connectivity index is 2.11. The molecular formula is C19H21N3O6S. The highest BCUT2D eigenvalue weighted by Crippen LogP contribution is 2.36. The summed E-state index contributed by atoms with van der Waals surface area (Å²) >= 11 is 0. The number of carbonyl (C=O) groups excluding carboxylic acids is 2. The van der Waals surface area contributed by atoms with Crippen LogP contribution < -0.4 is 15.2 Å². The summed E-state index contributed by atoms with van der Waals surface area (Å²) < 4.78 is 56.4. The maximum Gasteiger partial charge on any atom is 0.264 e. The number of amides is 2. The van der Waals surface area contributed by atoms with Gasteiger partial charge in [-0.1, -0.05) is 6.07 Å². The molecular weight excluding hydrogens is 398 g/mol. The molecule has 1 aliphatic rings. The van der Waals surface area contributed by atoms with Crippen LogP contribution >= 0.6 is 0 Å². The predicted octanol–water partition coefficient (Wildman–Crippen LogP) is 1.45. The minimum atomic E-state index is -3.70. The van der Waals surface area contributed by atoms with Gasteiger partial charge < -0.3 is 15.2 Å². The molecule has 0 unspecified atom stereocenters. The number of benzene rings is 1.